The molecular formula is C9H7F3O3S. The van der Waals surface area contributed by atoms with Crippen molar-refractivity contribution in [3.8, 4) is 5.75 Å². The molecule has 0 atom stereocenters. The maximum atomic E-state index is 11.7. The van der Waals surface area contributed by atoms with Gasteiger partial charge in [-0.2, -0.15) is 21.6 Å². The number of benzene rings is 1. The van der Waals surface area contributed by atoms with Gasteiger partial charge in [0.05, 0.1) is 5.41 Å². The van der Waals surface area contributed by atoms with E-state index in [1.807, 2.05) is 0 Å². The average molecular weight is 252 g/mol. The van der Waals surface area contributed by atoms with E-state index in [9.17, 15) is 21.6 Å². The van der Waals surface area contributed by atoms with E-state index in [4.69, 9.17) is 0 Å². The summed E-state index contributed by atoms with van der Waals surface area (Å²) in [6.45, 7) is 0. The second kappa shape index (κ2) is 4.56. The summed E-state index contributed by atoms with van der Waals surface area (Å²) in [4.78, 5) is 0. The van der Waals surface area contributed by atoms with Gasteiger partial charge >= 0.3 is 16.3 Å². The van der Waals surface area contributed by atoms with Gasteiger partial charge in [0.1, 0.15) is 5.75 Å². The molecule has 1 aromatic rings. The monoisotopic (exact) mass is 252 g/mol. The molecule has 0 N–H and O–H groups in total. The van der Waals surface area contributed by atoms with E-state index in [2.05, 4.69) is 4.18 Å². The summed E-state index contributed by atoms with van der Waals surface area (Å²) in [5, 5.41) is -0.0278. The first-order chi connectivity index (χ1) is 7.29. The minimum Gasteiger partial charge on any atom is -0.379 e. The Morgan fingerprint density at radius 1 is 1.12 bits per heavy atom. The van der Waals surface area contributed by atoms with Gasteiger partial charge in [0.2, 0.25) is 0 Å². The number of hydrogen-bond acceptors (Lipinski definition) is 3. The van der Waals surface area contributed by atoms with E-state index < -0.39 is 22.4 Å². The van der Waals surface area contributed by atoms with Crippen LogP contribution in [0, 0.1) is 0 Å². The second-order valence-corrected chi connectivity index (χ2v) is 4.16. The first-order valence-corrected chi connectivity index (χ1v) is 5.51. The van der Waals surface area contributed by atoms with Gasteiger partial charge in [-0.15, -0.1) is 0 Å². The van der Waals surface area contributed by atoms with Crippen molar-refractivity contribution in [3.05, 3.63) is 41.8 Å². The van der Waals surface area contributed by atoms with Crippen molar-refractivity contribution in [2.45, 2.75) is 6.18 Å². The number of rotatable bonds is 3. The Kier molecular flexibility index (Phi) is 3.58. The van der Waals surface area contributed by atoms with Crippen LogP contribution < -0.4 is 4.18 Å². The summed E-state index contributed by atoms with van der Waals surface area (Å²) in [6, 6.07) is 7.25. The van der Waals surface area contributed by atoms with E-state index in [0.29, 0.717) is 0 Å². The lowest BCUT2D eigenvalue weighted by Gasteiger charge is -2.03. The molecule has 0 aromatic heterocycles. The summed E-state index contributed by atoms with van der Waals surface area (Å²) in [7, 11) is -4.37. The van der Waals surface area contributed by atoms with Crippen molar-refractivity contribution >= 4 is 10.1 Å². The third kappa shape index (κ3) is 4.83. The third-order valence-electron chi connectivity index (χ3n) is 1.38. The highest BCUT2D eigenvalue weighted by Crippen LogP contribution is 2.18. The summed E-state index contributed by atoms with van der Waals surface area (Å²) in [6.07, 6.45) is -5.08. The highest BCUT2D eigenvalue weighted by Gasteiger charge is 2.24. The van der Waals surface area contributed by atoms with Crippen molar-refractivity contribution in [2.24, 2.45) is 0 Å². The lowest BCUT2D eigenvalue weighted by Crippen LogP contribution is -2.08. The molecule has 16 heavy (non-hydrogen) atoms. The number of alkyl halides is 3. The number of hydrogen-bond donors (Lipinski definition) is 0. The molecule has 0 spiro atoms. The quantitative estimate of drug-likeness (QED) is 0.776. The molecule has 0 aliphatic carbocycles. The first kappa shape index (κ1) is 12.6. The van der Waals surface area contributed by atoms with Gasteiger partial charge in [0, 0.05) is 6.08 Å². The highest BCUT2D eigenvalue weighted by molar-refractivity contribution is 7.90. The van der Waals surface area contributed by atoms with Crippen LogP contribution in [-0.2, 0) is 10.1 Å². The molecule has 0 heterocycles. The average Bonchev–Trinajstić information content (AvgIpc) is 2.15. The van der Waals surface area contributed by atoms with Crippen LogP contribution in [0.25, 0.3) is 0 Å². The Labute approximate surface area is 90.3 Å². The Morgan fingerprint density at radius 3 is 2.19 bits per heavy atom. The number of allylic oxidation sites excluding steroid dienone is 1. The molecule has 0 unspecified atom stereocenters. The van der Waals surface area contributed by atoms with Crippen LogP contribution in [-0.4, -0.2) is 14.6 Å². The fourth-order valence-corrected chi connectivity index (χ4v) is 1.55. The van der Waals surface area contributed by atoms with Crippen molar-refractivity contribution in [3.63, 3.8) is 0 Å². The second-order valence-electron chi connectivity index (χ2n) is 2.73. The molecule has 0 aliphatic rings. The molecular weight excluding hydrogens is 245 g/mol. The zero-order valence-electron chi connectivity index (χ0n) is 7.81. The van der Waals surface area contributed by atoms with Crippen molar-refractivity contribution in [1.82, 2.24) is 0 Å². The molecule has 7 heteroatoms. The minimum absolute atomic E-state index is 0.0278. The topological polar surface area (TPSA) is 43.4 Å². The zero-order valence-corrected chi connectivity index (χ0v) is 8.62. The largest absolute Gasteiger partial charge is 0.410 e. The van der Waals surface area contributed by atoms with Gasteiger partial charge in [-0.25, -0.2) is 0 Å². The zero-order chi connectivity index (χ0) is 12.2. The Morgan fingerprint density at radius 2 is 1.69 bits per heavy atom. The summed E-state index contributed by atoms with van der Waals surface area (Å²) >= 11 is 0. The standard InChI is InChI=1S/C9H7F3O3S/c10-9(11,12)6-7-16(13,14)15-8-4-2-1-3-5-8/h1-7H. The SMILES string of the molecule is O=S(=O)(C=CC(F)(F)F)Oc1ccccc1. The molecule has 0 saturated carbocycles. The predicted molar refractivity (Wildman–Crippen MR) is 51.2 cm³/mol. The lowest BCUT2D eigenvalue weighted by atomic mass is 10.3. The number of halogens is 3. The van der Waals surface area contributed by atoms with E-state index >= 15 is 0 Å². The van der Waals surface area contributed by atoms with Crippen LogP contribution in [0.2, 0.25) is 0 Å². The predicted octanol–water partition coefficient (Wildman–Crippen LogP) is 2.47. The molecule has 1 rings (SSSR count). The van der Waals surface area contributed by atoms with Crippen LogP contribution in [0.3, 0.4) is 0 Å². The highest BCUT2D eigenvalue weighted by atomic mass is 32.2. The lowest BCUT2D eigenvalue weighted by molar-refractivity contribution is -0.0797. The van der Waals surface area contributed by atoms with Gasteiger partial charge in [-0.1, -0.05) is 18.2 Å². The first-order valence-electron chi connectivity index (χ1n) is 4.04. The van der Waals surface area contributed by atoms with E-state index in [-0.39, 0.29) is 11.2 Å². The number of para-hydroxylation sites is 1. The maximum Gasteiger partial charge on any atom is 0.410 e. The van der Waals surface area contributed by atoms with Crippen LogP contribution in [0.15, 0.2) is 41.8 Å². The van der Waals surface area contributed by atoms with Gasteiger partial charge in [0.25, 0.3) is 0 Å². The summed E-state index contributed by atoms with van der Waals surface area (Å²) in [5.41, 5.74) is 0. The van der Waals surface area contributed by atoms with Gasteiger partial charge < -0.3 is 4.18 Å². The van der Waals surface area contributed by atoms with Crippen LogP contribution in [0.1, 0.15) is 0 Å². The molecule has 88 valence electrons. The van der Waals surface area contributed by atoms with Crippen LogP contribution in [0.4, 0.5) is 13.2 Å². The summed E-state index contributed by atoms with van der Waals surface area (Å²) in [5.74, 6) is -0.0469. The summed E-state index contributed by atoms with van der Waals surface area (Å²) < 4.78 is 61.6. The molecule has 0 aliphatic heterocycles. The van der Waals surface area contributed by atoms with E-state index in [1.165, 1.54) is 24.3 Å². The Hall–Kier alpha value is -1.50. The molecule has 1 aromatic carbocycles. The third-order valence-corrected chi connectivity index (χ3v) is 2.27. The Bertz CT molecular complexity index is 463. The maximum absolute atomic E-state index is 11.7. The van der Waals surface area contributed by atoms with Gasteiger partial charge in [-0.3, -0.25) is 0 Å². The van der Waals surface area contributed by atoms with Crippen molar-refractivity contribution in [2.75, 3.05) is 0 Å². The van der Waals surface area contributed by atoms with E-state index in [1.54, 1.807) is 6.07 Å². The van der Waals surface area contributed by atoms with Crippen LogP contribution >= 0.6 is 0 Å². The fraction of sp³-hybridized carbons (Fsp3) is 0.111. The normalized spacial score (nSPS) is 12.9. The molecule has 0 radical (unpaired) electrons. The van der Waals surface area contributed by atoms with E-state index in [0.717, 1.165) is 0 Å². The molecule has 3 nitrogen and oxygen atoms in total. The molecule has 0 fully saturated rings. The van der Waals surface area contributed by atoms with Crippen molar-refractivity contribution in [1.29, 1.82) is 0 Å². The molecule has 0 bridgehead atoms. The fourth-order valence-electron chi connectivity index (χ4n) is 0.798. The minimum atomic E-state index is -4.69. The van der Waals surface area contributed by atoms with Crippen molar-refractivity contribution < 1.29 is 25.8 Å². The molecule has 0 amide bonds. The van der Waals surface area contributed by atoms with Gasteiger partial charge in [-0.05, 0) is 12.1 Å². The Balaban J connectivity index is 2.78. The smallest absolute Gasteiger partial charge is 0.379 e. The molecule has 0 saturated heterocycles. The van der Waals surface area contributed by atoms with Crippen LogP contribution in [0.5, 0.6) is 5.75 Å². The van der Waals surface area contributed by atoms with Gasteiger partial charge in [0.15, 0.2) is 0 Å².